The first-order valence-electron chi connectivity index (χ1n) is 7.78. The van der Waals surface area contributed by atoms with Crippen LogP contribution in [0.15, 0.2) is 22.1 Å². The first-order valence-corrected chi connectivity index (χ1v) is 8.16. The smallest absolute Gasteiger partial charge is 0.220 e. The number of benzene rings is 1. The average molecular weight is 347 g/mol. The number of guanidine groups is 2. The van der Waals surface area contributed by atoms with E-state index in [4.69, 9.17) is 27.8 Å². The molecule has 4 N–H and O–H groups in total. The third-order valence-electron chi connectivity index (χ3n) is 4.48. The van der Waals surface area contributed by atoms with Gasteiger partial charge in [-0.3, -0.25) is 4.90 Å². The second kappa shape index (κ2) is 6.21. The van der Waals surface area contributed by atoms with E-state index in [-0.39, 0.29) is 11.9 Å². The largest absolute Gasteiger partial charge is 0.495 e. The van der Waals surface area contributed by atoms with Crippen LogP contribution in [0.1, 0.15) is 37.7 Å². The van der Waals surface area contributed by atoms with Gasteiger partial charge in [-0.1, -0.05) is 18.0 Å². The third-order valence-corrected chi connectivity index (χ3v) is 4.78. The molecule has 0 atom stereocenters. The summed E-state index contributed by atoms with van der Waals surface area (Å²) in [4.78, 5) is 10.5. The van der Waals surface area contributed by atoms with Crippen molar-refractivity contribution in [3.63, 3.8) is 0 Å². The number of nitrogens with two attached hydrogens (primary N) is 2. The standard InChI is InChI=1S/C16H19ClN6O/c1-24-13-8-12(10(9-18)7-11(13)17)23-15(20)21-14(19)22-16(23)5-3-2-4-6-16/h7-8H,2-6H2,1H3,(H4,19,20,21,22). The zero-order valence-electron chi connectivity index (χ0n) is 13.4. The summed E-state index contributed by atoms with van der Waals surface area (Å²) in [6.07, 6.45) is 4.73. The number of nitrogens with zero attached hydrogens (tertiary/aromatic N) is 4. The highest BCUT2D eigenvalue weighted by Gasteiger charge is 2.43. The van der Waals surface area contributed by atoms with Crippen LogP contribution in [0.4, 0.5) is 5.69 Å². The van der Waals surface area contributed by atoms with E-state index in [9.17, 15) is 5.26 Å². The van der Waals surface area contributed by atoms with Crippen LogP contribution in [-0.4, -0.2) is 24.7 Å². The van der Waals surface area contributed by atoms with Crippen LogP contribution >= 0.6 is 11.6 Å². The van der Waals surface area contributed by atoms with Crippen LogP contribution in [0.5, 0.6) is 5.75 Å². The van der Waals surface area contributed by atoms with Crippen molar-refractivity contribution >= 4 is 29.2 Å². The molecule has 3 rings (SSSR count). The number of nitriles is 1. The zero-order valence-corrected chi connectivity index (χ0v) is 14.2. The lowest BCUT2D eigenvalue weighted by molar-refractivity contribution is 0.305. The number of halogens is 1. The topological polar surface area (TPSA) is 113 Å². The molecule has 24 heavy (non-hydrogen) atoms. The highest BCUT2D eigenvalue weighted by Crippen LogP contribution is 2.42. The Kier molecular flexibility index (Phi) is 4.24. The second-order valence-electron chi connectivity index (χ2n) is 5.93. The molecule has 1 heterocycles. The highest BCUT2D eigenvalue weighted by molar-refractivity contribution is 6.32. The fraction of sp³-hybridized carbons (Fsp3) is 0.438. The number of aliphatic imine (C=N–C) groups is 2. The Morgan fingerprint density at radius 2 is 2.00 bits per heavy atom. The normalized spacial score (nSPS) is 19.5. The van der Waals surface area contributed by atoms with Gasteiger partial charge >= 0.3 is 0 Å². The highest BCUT2D eigenvalue weighted by atomic mass is 35.5. The molecule has 0 unspecified atom stereocenters. The van der Waals surface area contributed by atoms with Gasteiger partial charge in [-0.05, 0) is 31.7 Å². The molecule has 0 saturated heterocycles. The Labute approximate surface area is 145 Å². The summed E-state index contributed by atoms with van der Waals surface area (Å²) in [5.74, 6) is 0.863. The quantitative estimate of drug-likeness (QED) is 0.853. The first kappa shape index (κ1) is 16.4. The predicted molar refractivity (Wildman–Crippen MR) is 94.3 cm³/mol. The zero-order chi connectivity index (χ0) is 17.3. The van der Waals surface area contributed by atoms with Gasteiger partial charge in [-0.25, -0.2) is 4.99 Å². The van der Waals surface area contributed by atoms with E-state index in [0.717, 1.165) is 32.1 Å². The number of methoxy groups -OCH3 is 1. The maximum atomic E-state index is 9.54. The number of anilines is 1. The SMILES string of the molecule is COc1cc(N2C(N)=NC(N)=NC23CCCCC3)c(C#N)cc1Cl. The van der Waals surface area contributed by atoms with E-state index in [1.807, 2.05) is 0 Å². The van der Waals surface area contributed by atoms with Crippen LogP contribution in [0.3, 0.4) is 0 Å². The van der Waals surface area contributed by atoms with Gasteiger partial charge in [0.25, 0.3) is 0 Å². The summed E-state index contributed by atoms with van der Waals surface area (Å²) in [6.45, 7) is 0. The molecule has 1 aliphatic carbocycles. The van der Waals surface area contributed by atoms with E-state index < -0.39 is 5.66 Å². The Bertz CT molecular complexity index is 761. The Hall–Kier alpha value is -2.46. The van der Waals surface area contributed by atoms with Crippen molar-refractivity contribution in [2.24, 2.45) is 21.5 Å². The van der Waals surface area contributed by atoms with Crippen LogP contribution in [-0.2, 0) is 0 Å². The number of hydrogen-bond acceptors (Lipinski definition) is 7. The summed E-state index contributed by atoms with van der Waals surface area (Å²) in [7, 11) is 1.53. The molecule has 0 aromatic heterocycles. The van der Waals surface area contributed by atoms with E-state index >= 15 is 0 Å². The molecule has 8 heteroatoms. The van der Waals surface area contributed by atoms with Gasteiger partial charge in [0, 0.05) is 6.07 Å². The molecule has 1 aliphatic heterocycles. The maximum Gasteiger partial charge on any atom is 0.220 e. The van der Waals surface area contributed by atoms with Gasteiger partial charge in [0.05, 0.1) is 23.4 Å². The molecular weight excluding hydrogens is 328 g/mol. The van der Waals surface area contributed by atoms with Crippen molar-refractivity contribution in [2.45, 2.75) is 37.8 Å². The number of rotatable bonds is 2. The molecule has 0 radical (unpaired) electrons. The van der Waals surface area contributed by atoms with Crippen molar-refractivity contribution in [3.8, 4) is 11.8 Å². The van der Waals surface area contributed by atoms with Crippen molar-refractivity contribution in [1.29, 1.82) is 5.26 Å². The van der Waals surface area contributed by atoms with Gasteiger partial charge in [0.1, 0.15) is 17.5 Å². The average Bonchev–Trinajstić information content (AvgIpc) is 2.55. The second-order valence-corrected chi connectivity index (χ2v) is 6.34. The van der Waals surface area contributed by atoms with E-state index in [2.05, 4.69) is 16.1 Å². The lowest BCUT2D eigenvalue weighted by Crippen LogP contribution is -2.58. The molecule has 126 valence electrons. The monoisotopic (exact) mass is 346 g/mol. The molecule has 1 aromatic rings. The fourth-order valence-corrected chi connectivity index (χ4v) is 3.68. The van der Waals surface area contributed by atoms with Gasteiger partial charge in [-0.2, -0.15) is 10.3 Å². The molecule has 0 bridgehead atoms. The van der Waals surface area contributed by atoms with Crippen LogP contribution < -0.4 is 21.1 Å². The molecule has 2 aliphatic rings. The van der Waals surface area contributed by atoms with Crippen molar-refractivity contribution < 1.29 is 4.74 Å². The summed E-state index contributed by atoms with van der Waals surface area (Å²) in [5, 5.41) is 9.91. The Morgan fingerprint density at radius 1 is 1.29 bits per heavy atom. The Balaban J connectivity index is 2.19. The van der Waals surface area contributed by atoms with Crippen LogP contribution in [0.2, 0.25) is 5.02 Å². The molecule has 7 nitrogen and oxygen atoms in total. The summed E-state index contributed by atoms with van der Waals surface area (Å²) in [6, 6.07) is 5.44. The molecule has 1 saturated carbocycles. The molecule has 0 amide bonds. The lowest BCUT2D eigenvalue weighted by atomic mass is 9.87. The van der Waals surface area contributed by atoms with Crippen molar-refractivity contribution in [3.05, 3.63) is 22.7 Å². The molecule has 1 aromatic carbocycles. The van der Waals surface area contributed by atoms with Crippen molar-refractivity contribution in [1.82, 2.24) is 0 Å². The minimum Gasteiger partial charge on any atom is -0.495 e. The van der Waals surface area contributed by atoms with Gasteiger partial charge in [0.2, 0.25) is 11.9 Å². The van der Waals surface area contributed by atoms with E-state index in [0.29, 0.717) is 22.0 Å². The van der Waals surface area contributed by atoms with Crippen LogP contribution in [0, 0.1) is 11.3 Å². The molecule has 1 spiro atoms. The van der Waals surface area contributed by atoms with E-state index in [1.165, 1.54) is 7.11 Å². The lowest BCUT2D eigenvalue weighted by Gasteiger charge is -2.45. The predicted octanol–water partition coefficient (Wildman–Crippen LogP) is 2.33. The van der Waals surface area contributed by atoms with E-state index in [1.54, 1.807) is 17.0 Å². The minimum absolute atomic E-state index is 0.171. The van der Waals surface area contributed by atoms with Crippen molar-refractivity contribution in [2.75, 3.05) is 12.0 Å². The van der Waals surface area contributed by atoms with Gasteiger partial charge in [-0.15, -0.1) is 0 Å². The maximum absolute atomic E-state index is 9.54. The fourth-order valence-electron chi connectivity index (χ4n) is 3.44. The summed E-state index contributed by atoms with van der Waals surface area (Å²) >= 11 is 6.15. The first-order chi connectivity index (χ1) is 11.5. The number of ether oxygens (including phenoxy) is 1. The van der Waals surface area contributed by atoms with Gasteiger partial charge in [0.15, 0.2) is 0 Å². The summed E-state index contributed by atoms with van der Waals surface area (Å²) < 4.78 is 5.30. The van der Waals surface area contributed by atoms with Gasteiger partial charge < -0.3 is 16.2 Å². The molecular formula is C16H19ClN6O. The third kappa shape index (κ3) is 2.63. The summed E-state index contributed by atoms with van der Waals surface area (Å²) in [5.41, 5.74) is 12.4. The minimum atomic E-state index is -0.612. The van der Waals surface area contributed by atoms with Crippen LogP contribution in [0.25, 0.3) is 0 Å². The Morgan fingerprint density at radius 3 is 2.62 bits per heavy atom. The molecule has 1 fully saturated rings. The number of hydrogen-bond donors (Lipinski definition) is 2.